The van der Waals surface area contributed by atoms with Gasteiger partial charge in [0, 0.05) is 13.2 Å². The van der Waals surface area contributed by atoms with Crippen molar-refractivity contribution in [3.8, 4) is 0 Å². The van der Waals surface area contributed by atoms with E-state index in [1.807, 2.05) is 13.8 Å². The average Bonchev–Trinajstić information content (AvgIpc) is 1.64. The molecule has 0 unspecified atom stereocenters. The van der Waals surface area contributed by atoms with Gasteiger partial charge >= 0.3 is 0 Å². The molecule has 9 heavy (non-hydrogen) atoms. The summed E-state index contributed by atoms with van der Waals surface area (Å²) in [6.07, 6.45) is 0. The van der Waals surface area contributed by atoms with Crippen LogP contribution in [0, 0.1) is 0 Å². The molecule has 0 aromatic rings. The zero-order valence-corrected chi connectivity index (χ0v) is 8.86. The van der Waals surface area contributed by atoms with E-state index in [0.29, 0.717) is 23.5 Å². The smallest absolute Gasteiger partial charge is 0.215 e. The standard InChI is InChI=1S/C5H13ClO2Si/c1-3-7-5(6,9)8-4-2/h3-4H2,1-2,9H3. The summed E-state index contributed by atoms with van der Waals surface area (Å²) in [5, 5.41) is 0. The zero-order chi connectivity index (χ0) is 7.33. The maximum atomic E-state index is 5.75. The largest absolute Gasteiger partial charge is 0.342 e. The van der Waals surface area contributed by atoms with Crippen molar-refractivity contribution in [3.63, 3.8) is 0 Å². The first-order valence-corrected chi connectivity index (χ1v) is 4.47. The van der Waals surface area contributed by atoms with E-state index in [1.165, 1.54) is 0 Å². The molecule has 0 heterocycles. The maximum absolute atomic E-state index is 5.75. The van der Waals surface area contributed by atoms with Crippen LogP contribution in [0.1, 0.15) is 13.8 Å². The minimum Gasteiger partial charge on any atom is -0.342 e. The van der Waals surface area contributed by atoms with Crippen LogP contribution in [0.3, 0.4) is 0 Å². The molecule has 0 fully saturated rings. The van der Waals surface area contributed by atoms with Crippen LogP contribution in [-0.4, -0.2) is 28.3 Å². The van der Waals surface area contributed by atoms with Crippen LogP contribution in [0.5, 0.6) is 0 Å². The highest BCUT2D eigenvalue weighted by Crippen LogP contribution is 2.12. The molecule has 4 heteroatoms. The highest BCUT2D eigenvalue weighted by molar-refractivity contribution is 6.42. The van der Waals surface area contributed by atoms with Crippen molar-refractivity contribution in [2.45, 2.75) is 18.7 Å². The lowest BCUT2D eigenvalue weighted by molar-refractivity contribution is -0.114. The monoisotopic (exact) mass is 168 g/mol. The molecule has 0 aliphatic rings. The van der Waals surface area contributed by atoms with Crippen molar-refractivity contribution < 1.29 is 9.47 Å². The predicted molar refractivity (Wildman–Crippen MR) is 41.8 cm³/mol. The van der Waals surface area contributed by atoms with Gasteiger partial charge in [-0.05, 0) is 13.8 Å². The summed E-state index contributed by atoms with van der Waals surface area (Å²) in [7, 11) is 0.689. The minimum absolute atomic E-state index is 0.604. The molecule has 0 aliphatic heterocycles. The van der Waals surface area contributed by atoms with Crippen LogP contribution >= 0.6 is 11.6 Å². The van der Waals surface area contributed by atoms with Crippen LogP contribution in [0.15, 0.2) is 0 Å². The highest BCUT2D eigenvalue weighted by Gasteiger charge is 2.18. The molecule has 0 spiro atoms. The number of hydrogen-bond donors (Lipinski definition) is 0. The second-order valence-electron chi connectivity index (χ2n) is 1.70. The van der Waals surface area contributed by atoms with Gasteiger partial charge in [0.25, 0.3) is 0 Å². The second kappa shape index (κ2) is 4.28. The molecule has 0 radical (unpaired) electrons. The van der Waals surface area contributed by atoms with E-state index in [0.717, 1.165) is 0 Å². The fourth-order valence-electron chi connectivity index (χ4n) is 0.557. The molecule has 0 bridgehead atoms. The summed E-state index contributed by atoms with van der Waals surface area (Å²) in [6, 6.07) is 0. The third-order valence-corrected chi connectivity index (χ3v) is 1.60. The molecule has 0 aliphatic carbocycles. The van der Waals surface area contributed by atoms with E-state index < -0.39 is 4.87 Å². The summed E-state index contributed by atoms with van der Waals surface area (Å²) in [5.41, 5.74) is 0. The third-order valence-electron chi connectivity index (χ3n) is 0.804. The van der Waals surface area contributed by atoms with Gasteiger partial charge in [0.05, 0.1) is 10.2 Å². The Morgan fingerprint density at radius 3 is 1.89 bits per heavy atom. The summed E-state index contributed by atoms with van der Waals surface area (Å²) in [4.78, 5) is -0.788. The average molecular weight is 169 g/mol. The quantitative estimate of drug-likeness (QED) is 0.341. The summed E-state index contributed by atoms with van der Waals surface area (Å²) >= 11 is 5.75. The van der Waals surface area contributed by atoms with Gasteiger partial charge in [-0.15, -0.1) is 0 Å². The molecule has 0 aromatic carbocycles. The van der Waals surface area contributed by atoms with Crippen LogP contribution in [0.25, 0.3) is 0 Å². The Morgan fingerprint density at radius 1 is 1.33 bits per heavy atom. The summed E-state index contributed by atoms with van der Waals surface area (Å²) < 4.78 is 10.1. The number of halogens is 1. The topological polar surface area (TPSA) is 18.5 Å². The number of hydrogen-bond acceptors (Lipinski definition) is 2. The Morgan fingerprint density at radius 2 is 1.67 bits per heavy atom. The first-order chi connectivity index (χ1) is 4.12. The number of ether oxygens (including phenoxy) is 2. The van der Waals surface area contributed by atoms with E-state index in [1.54, 1.807) is 0 Å². The Bertz CT molecular complexity index is 69.4. The van der Waals surface area contributed by atoms with Gasteiger partial charge in [0.1, 0.15) is 0 Å². The Hall–Kier alpha value is 0.427. The van der Waals surface area contributed by atoms with Crippen molar-refractivity contribution in [2.75, 3.05) is 13.2 Å². The van der Waals surface area contributed by atoms with Crippen molar-refractivity contribution >= 4 is 21.8 Å². The van der Waals surface area contributed by atoms with Gasteiger partial charge in [0.2, 0.25) is 4.87 Å². The molecule has 0 rings (SSSR count). The number of rotatable bonds is 4. The van der Waals surface area contributed by atoms with Crippen LogP contribution in [-0.2, 0) is 9.47 Å². The van der Waals surface area contributed by atoms with Crippen molar-refractivity contribution in [3.05, 3.63) is 0 Å². The van der Waals surface area contributed by atoms with E-state index in [-0.39, 0.29) is 0 Å². The van der Waals surface area contributed by atoms with Gasteiger partial charge in [-0.25, -0.2) is 0 Å². The molecule has 0 saturated carbocycles. The number of alkyl halides is 1. The molecule has 2 nitrogen and oxygen atoms in total. The van der Waals surface area contributed by atoms with E-state index >= 15 is 0 Å². The van der Waals surface area contributed by atoms with Crippen molar-refractivity contribution in [1.29, 1.82) is 0 Å². The van der Waals surface area contributed by atoms with Gasteiger partial charge in [0.15, 0.2) is 0 Å². The first kappa shape index (κ1) is 9.43. The molecule has 0 amide bonds. The van der Waals surface area contributed by atoms with Crippen LogP contribution in [0.4, 0.5) is 0 Å². The highest BCUT2D eigenvalue weighted by atomic mass is 35.5. The molecule has 0 N–H and O–H groups in total. The maximum Gasteiger partial charge on any atom is 0.215 e. The summed E-state index contributed by atoms with van der Waals surface area (Å²) in [5.74, 6) is 0. The van der Waals surface area contributed by atoms with Crippen LogP contribution in [0.2, 0.25) is 0 Å². The first-order valence-electron chi connectivity index (χ1n) is 3.09. The molecule has 0 saturated heterocycles. The fourth-order valence-corrected chi connectivity index (χ4v) is 1.35. The molecular formula is C5H13ClO2Si. The van der Waals surface area contributed by atoms with E-state index in [9.17, 15) is 0 Å². The predicted octanol–water partition coefficient (Wildman–Crippen LogP) is 0.275. The van der Waals surface area contributed by atoms with Crippen molar-refractivity contribution in [2.24, 2.45) is 0 Å². The Balaban J connectivity index is 3.43. The fraction of sp³-hybridized carbons (Fsp3) is 1.00. The summed E-state index contributed by atoms with van der Waals surface area (Å²) in [6.45, 7) is 5.00. The Kier molecular flexibility index (Phi) is 4.48. The van der Waals surface area contributed by atoms with Crippen molar-refractivity contribution in [1.82, 2.24) is 0 Å². The van der Waals surface area contributed by atoms with E-state index in [4.69, 9.17) is 21.1 Å². The second-order valence-corrected chi connectivity index (χ2v) is 4.34. The normalized spacial score (nSPS) is 12.3. The van der Waals surface area contributed by atoms with Gasteiger partial charge < -0.3 is 9.47 Å². The van der Waals surface area contributed by atoms with Gasteiger partial charge in [-0.2, -0.15) is 0 Å². The molecule has 56 valence electrons. The van der Waals surface area contributed by atoms with Gasteiger partial charge in [-0.3, -0.25) is 0 Å². The SMILES string of the molecule is CCOC([SiH3])(Cl)OCC. The molecule has 0 atom stereocenters. The van der Waals surface area contributed by atoms with E-state index in [2.05, 4.69) is 0 Å². The van der Waals surface area contributed by atoms with Gasteiger partial charge in [-0.1, -0.05) is 11.6 Å². The minimum atomic E-state index is -0.788. The molecule has 0 aromatic heterocycles. The lowest BCUT2D eigenvalue weighted by Gasteiger charge is -2.21. The zero-order valence-electron chi connectivity index (χ0n) is 6.11. The Labute approximate surface area is 63.9 Å². The lowest BCUT2D eigenvalue weighted by atomic mass is 10.8. The third kappa shape index (κ3) is 4.90. The molecular weight excluding hydrogens is 156 g/mol. The lowest BCUT2D eigenvalue weighted by Crippen LogP contribution is -2.29. The van der Waals surface area contributed by atoms with Crippen LogP contribution < -0.4 is 0 Å².